The van der Waals surface area contributed by atoms with Crippen LogP contribution in [0.1, 0.15) is 11.1 Å². The van der Waals surface area contributed by atoms with Crippen LogP contribution in [0.4, 0.5) is 5.69 Å². The molecular formula is C10H10ClNO4. The summed E-state index contributed by atoms with van der Waals surface area (Å²) in [5.41, 5.74) is 0.738. The third-order valence-electron chi connectivity index (χ3n) is 2.12. The standard InChI is InChI=1S/C10H10ClNO4/c1-6-3-9(12(14)15)7(4-8(6)11)5-10(13)16-2/h3-4H,5H2,1-2H3. The van der Waals surface area contributed by atoms with Gasteiger partial charge in [0.25, 0.3) is 5.69 Å². The fourth-order valence-corrected chi connectivity index (χ4v) is 1.43. The van der Waals surface area contributed by atoms with E-state index in [2.05, 4.69) is 4.74 Å². The number of nitro groups is 1. The molecule has 0 atom stereocenters. The van der Waals surface area contributed by atoms with E-state index in [-0.39, 0.29) is 17.7 Å². The van der Waals surface area contributed by atoms with E-state index in [1.165, 1.54) is 19.2 Å². The van der Waals surface area contributed by atoms with Crippen LogP contribution in [0.2, 0.25) is 5.02 Å². The average Bonchev–Trinajstić information content (AvgIpc) is 2.22. The van der Waals surface area contributed by atoms with E-state index in [1.54, 1.807) is 6.92 Å². The molecule has 0 spiro atoms. The number of nitrogens with zero attached hydrogens (tertiary/aromatic N) is 1. The lowest BCUT2D eigenvalue weighted by atomic mass is 10.1. The molecule has 0 aliphatic rings. The van der Waals surface area contributed by atoms with Gasteiger partial charge in [-0.05, 0) is 18.6 Å². The summed E-state index contributed by atoms with van der Waals surface area (Å²) in [5, 5.41) is 11.2. The smallest absolute Gasteiger partial charge is 0.310 e. The highest BCUT2D eigenvalue weighted by Gasteiger charge is 2.18. The maximum absolute atomic E-state index is 11.1. The van der Waals surface area contributed by atoms with Crippen molar-refractivity contribution in [3.63, 3.8) is 0 Å². The number of benzene rings is 1. The molecule has 6 heteroatoms. The predicted molar refractivity (Wildman–Crippen MR) is 58.6 cm³/mol. The monoisotopic (exact) mass is 243 g/mol. The number of methoxy groups -OCH3 is 1. The Morgan fingerprint density at radius 1 is 1.56 bits per heavy atom. The van der Waals surface area contributed by atoms with Crippen molar-refractivity contribution in [1.29, 1.82) is 0 Å². The predicted octanol–water partition coefficient (Wildman–Crippen LogP) is 2.27. The summed E-state index contributed by atoms with van der Waals surface area (Å²) < 4.78 is 4.45. The van der Waals surface area contributed by atoms with Crippen LogP contribution < -0.4 is 0 Å². The molecule has 0 N–H and O–H groups in total. The fourth-order valence-electron chi connectivity index (χ4n) is 1.25. The number of ether oxygens (including phenoxy) is 1. The van der Waals surface area contributed by atoms with Gasteiger partial charge in [0.2, 0.25) is 0 Å². The van der Waals surface area contributed by atoms with Crippen molar-refractivity contribution in [3.8, 4) is 0 Å². The second-order valence-electron chi connectivity index (χ2n) is 3.24. The van der Waals surface area contributed by atoms with E-state index in [0.29, 0.717) is 10.6 Å². The van der Waals surface area contributed by atoms with E-state index in [0.717, 1.165) is 0 Å². The highest BCUT2D eigenvalue weighted by Crippen LogP contribution is 2.27. The molecule has 0 aliphatic heterocycles. The van der Waals surface area contributed by atoms with Gasteiger partial charge in [0.05, 0.1) is 18.5 Å². The van der Waals surface area contributed by atoms with Crippen LogP contribution in [0.25, 0.3) is 0 Å². The second kappa shape index (κ2) is 4.94. The number of nitro benzene ring substituents is 1. The number of carbonyl (C=O) groups is 1. The highest BCUT2D eigenvalue weighted by molar-refractivity contribution is 6.31. The highest BCUT2D eigenvalue weighted by atomic mass is 35.5. The SMILES string of the molecule is COC(=O)Cc1cc(Cl)c(C)cc1[N+](=O)[O-]. The molecule has 0 fully saturated rings. The topological polar surface area (TPSA) is 69.4 Å². The summed E-state index contributed by atoms with van der Waals surface area (Å²) >= 11 is 5.84. The van der Waals surface area contributed by atoms with Crippen LogP contribution in [-0.4, -0.2) is 18.0 Å². The number of hydrogen-bond acceptors (Lipinski definition) is 4. The summed E-state index contributed by atoms with van der Waals surface area (Å²) in [6.45, 7) is 1.66. The Bertz CT molecular complexity index is 445. The molecule has 0 radical (unpaired) electrons. The third kappa shape index (κ3) is 2.70. The number of aryl methyl sites for hydroxylation is 1. The first-order valence-electron chi connectivity index (χ1n) is 4.46. The normalized spacial score (nSPS) is 9.94. The average molecular weight is 244 g/mol. The van der Waals surface area contributed by atoms with Gasteiger partial charge >= 0.3 is 5.97 Å². The minimum absolute atomic E-state index is 0.118. The summed E-state index contributed by atoms with van der Waals surface area (Å²) in [7, 11) is 1.23. The Morgan fingerprint density at radius 2 is 2.19 bits per heavy atom. The third-order valence-corrected chi connectivity index (χ3v) is 2.53. The van der Waals surface area contributed by atoms with Gasteiger partial charge in [0.1, 0.15) is 0 Å². The van der Waals surface area contributed by atoms with Crippen LogP contribution in [-0.2, 0) is 16.0 Å². The molecule has 1 aromatic rings. The van der Waals surface area contributed by atoms with Gasteiger partial charge in [-0.15, -0.1) is 0 Å². The van der Waals surface area contributed by atoms with Crippen LogP contribution >= 0.6 is 11.6 Å². The van der Waals surface area contributed by atoms with Gasteiger partial charge in [-0.1, -0.05) is 11.6 Å². The molecular weight excluding hydrogens is 234 g/mol. The van der Waals surface area contributed by atoms with E-state index >= 15 is 0 Å². The van der Waals surface area contributed by atoms with E-state index in [1.807, 2.05) is 0 Å². The number of carbonyl (C=O) groups excluding carboxylic acids is 1. The van der Waals surface area contributed by atoms with Gasteiger partial charge in [0.15, 0.2) is 0 Å². The lowest BCUT2D eigenvalue weighted by Crippen LogP contribution is -2.07. The maximum Gasteiger partial charge on any atom is 0.310 e. The van der Waals surface area contributed by atoms with Crippen molar-refractivity contribution >= 4 is 23.3 Å². The van der Waals surface area contributed by atoms with E-state index in [9.17, 15) is 14.9 Å². The van der Waals surface area contributed by atoms with Crippen molar-refractivity contribution in [2.45, 2.75) is 13.3 Å². The van der Waals surface area contributed by atoms with Gasteiger partial charge in [0, 0.05) is 16.7 Å². The van der Waals surface area contributed by atoms with E-state index in [4.69, 9.17) is 11.6 Å². The Labute approximate surface area is 97.1 Å². The molecule has 0 amide bonds. The number of halogens is 1. The lowest BCUT2D eigenvalue weighted by molar-refractivity contribution is -0.385. The van der Waals surface area contributed by atoms with Crippen LogP contribution in [0.3, 0.4) is 0 Å². The molecule has 16 heavy (non-hydrogen) atoms. The summed E-state index contributed by atoms with van der Waals surface area (Å²) in [6, 6.07) is 2.77. The zero-order valence-electron chi connectivity index (χ0n) is 8.82. The molecule has 86 valence electrons. The Balaban J connectivity index is 3.19. The summed E-state index contributed by atoms with van der Waals surface area (Å²) in [6.07, 6.45) is -0.160. The molecule has 0 aromatic heterocycles. The van der Waals surface area contributed by atoms with Crippen molar-refractivity contribution < 1.29 is 14.5 Å². The summed E-state index contributed by atoms with van der Waals surface area (Å²) in [4.78, 5) is 21.3. The molecule has 1 aromatic carbocycles. The van der Waals surface area contributed by atoms with Gasteiger partial charge in [-0.2, -0.15) is 0 Å². The first-order valence-corrected chi connectivity index (χ1v) is 4.83. The summed E-state index contributed by atoms with van der Waals surface area (Å²) in [5.74, 6) is -0.539. The van der Waals surface area contributed by atoms with Crippen molar-refractivity contribution in [2.24, 2.45) is 0 Å². The number of hydrogen-bond donors (Lipinski definition) is 0. The molecule has 0 saturated carbocycles. The number of rotatable bonds is 3. The Morgan fingerprint density at radius 3 is 2.69 bits per heavy atom. The second-order valence-corrected chi connectivity index (χ2v) is 3.65. The lowest BCUT2D eigenvalue weighted by Gasteiger charge is -2.04. The number of esters is 1. The van der Waals surface area contributed by atoms with Crippen molar-refractivity contribution in [3.05, 3.63) is 38.4 Å². The van der Waals surface area contributed by atoms with E-state index < -0.39 is 10.9 Å². The minimum atomic E-state index is -0.540. The molecule has 5 nitrogen and oxygen atoms in total. The molecule has 0 unspecified atom stereocenters. The van der Waals surface area contributed by atoms with Crippen LogP contribution in [0, 0.1) is 17.0 Å². The zero-order chi connectivity index (χ0) is 12.3. The molecule has 1 rings (SSSR count). The van der Waals surface area contributed by atoms with Gasteiger partial charge in [-0.3, -0.25) is 14.9 Å². The largest absolute Gasteiger partial charge is 0.469 e. The quantitative estimate of drug-likeness (QED) is 0.464. The minimum Gasteiger partial charge on any atom is -0.469 e. The maximum atomic E-state index is 11.1. The Hall–Kier alpha value is -1.62. The molecule has 0 saturated heterocycles. The van der Waals surface area contributed by atoms with Crippen molar-refractivity contribution in [2.75, 3.05) is 7.11 Å². The fraction of sp³-hybridized carbons (Fsp3) is 0.300. The first kappa shape index (κ1) is 12.4. The van der Waals surface area contributed by atoms with Crippen LogP contribution in [0.5, 0.6) is 0 Å². The first-order chi connectivity index (χ1) is 7.45. The molecule has 0 aliphatic carbocycles. The van der Waals surface area contributed by atoms with Crippen LogP contribution in [0.15, 0.2) is 12.1 Å². The van der Waals surface area contributed by atoms with Gasteiger partial charge < -0.3 is 4.74 Å². The van der Waals surface area contributed by atoms with Crippen molar-refractivity contribution in [1.82, 2.24) is 0 Å². The van der Waals surface area contributed by atoms with Gasteiger partial charge in [-0.25, -0.2) is 0 Å². The zero-order valence-corrected chi connectivity index (χ0v) is 9.58. The Kier molecular flexibility index (Phi) is 3.84. The molecule has 0 bridgehead atoms. The molecule has 0 heterocycles.